The van der Waals surface area contributed by atoms with Crippen LogP contribution in [0.4, 0.5) is 11.4 Å². The molecule has 0 saturated carbocycles. The lowest BCUT2D eigenvalue weighted by molar-refractivity contribution is -0.123. The zero-order chi connectivity index (χ0) is 21.7. The largest absolute Gasteiger partial charge is 0.449 e. The number of esters is 1. The van der Waals surface area contributed by atoms with Gasteiger partial charge in [0.25, 0.3) is 5.91 Å². The van der Waals surface area contributed by atoms with E-state index in [0.717, 1.165) is 24.1 Å². The first kappa shape index (κ1) is 21.6. The van der Waals surface area contributed by atoms with Crippen LogP contribution < -0.4 is 10.2 Å². The van der Waals surface area contributed by atoms with Crippen molar-refractivity contribution < 1.29 is 19.1 Å². The number of nitrogens with one attached hydrogen (secondary N) is 1. The van der Waals surface area contributed by atoms with Gasteiger partial charge < -0.3 is 15.0 Å². The Bertz CT molecular complexity index is 940. The van der Waals surface area contributed by atoms with E-state index >= 15 is 0 Å². The van der Waals surface area contributed by atoms with Crippen molar-refractivity contribution in [2.75, 3.05) is 16.8 Å². The van der Waals surface area contributed by atoms with Crippen LogP contribution >= 0.6 is 0 Å². The van der Waals surface area contributed by atoms with E-state index in [1.54, 1.807) is 36.1 Å². The van der Waals surface area contributed by atoms with Gasteiger partial charge in [-0.2, -0.15) is 0 Å². The summed E-state index contributed by atoms with van der Waals surface area (Å²) in [5.74, 6) is -0.732. The molecule has 2 aromatic carbocycles. The number of para-hydroxylation sites is 2. The first-order chi connectivity index (χ1) is 14.4. The molecule has 1 aliphatic rings. The average Bonchev–Trinajstić information content (AvgIpc) is 3.19. The van der Waals surface area contributed by atoms with Crippen molar-refractivity contribution >= 4 is 29.2 Å². The smallest absolute Gasteiger partial charge is 0.341 e. The van der Waals surface area contributed by atoms with Gasteiger partial charge in [0, 0.05) is 18.7 Å². The molecular weight excluding hydrogens is 380 g/mol. The van der Waals surface area contributed by atoms with E-state index in [0.29, 0.717) is 24.6 Å². The van der Waals surface area contributed by atoms with Gasteiger partial charge in [0.2, 0.25) is 5.91 Å². The van der Waals surface area contributed by atoms with Gasteiger partial charge in [-0.15, -0.1) is 0 Å². The monoisotopic (exact) mass is 408 g/mol. The minimum atomic E-state index is -0.982. The molecule has 0 unspecified atom stereocenters. The first-order valence-electron chi connectivity index (χ1n) is 10.4. The second kappa shape index (κ2) is 9.57. The average molecular weight is 408 g/mol. The maximum atomic E-state index is 12.8. The molecule has 158 valence electrons. The van der Waals surface area contributed by atoms with Gasteiger partial charge in [-0.1, -0.05) is 44.2 Å². The summed E-state index contributed by atoms with van der Waals surface area (Å²) in [5.41, 5.74) is 2.58. The predicted octanol–water partition coefficient (Wildman–Crippen LogP) is 4.51. The SMILES string of the molecule is CC[C@@H](C)c1ccccc1NC(=O)[C@@H](C)OC(=O)c1ccccc1N1CCCC1=O. The minimum Gasteiger partial charge on any atom is -0.449 e. The zero-order valence-corrected chi connectivity index (χ0v) is 17.7. The quantitative estimate of drug-likeness (QED) is 0.684. The molecule has 2 amide bonds. The molecular formula is C24H28N2O4. The molecule has 30 heavy (non-hydrogen) atoms. The summed E-state index contributed by atoms with van der Waals surface area (Å²) >= 11 is 0. The second-order valence-electron chi connectivity index (χ2n) is 7.60. The molecule has 0 aliphatic carbocycles. The molecule has 0 radical (unpaired) electrons. The molecule has 1 saturated heterocycles. The van der Waals surface area contributed by atoms with Crippen LogP contribution in [0.25, 0.3) is 0 Å². The van der Waals surface area contributed by atoms with Crippen molar-refractivity contribution in [1.29, 1.82) is 0 Å². The molecule has 2 atom stereocenters. The molecule has 0 spiro atoms. The lowest BCUT2D eigenvalue weighted by Crippen LogP contribution is -2.31. The summed E-state index contributed by atoms with van der Waals surface area (Å²) in [6.45, 7) is 6.32. The van der Waals surface area contributed by atoms with E-state index in [1.165, 1.54) is 0 Å². The van der Waals surface area contributed by atoms with E-state index in [1.807, 2.05) is 24.3 Å². The highest BCUT2D eigenvalue weighted by Gasteiger charge is 2.28. The molecule has 1 fully saturated rings. The second-order valence-corrected chi connectivity index (χ2v) is 7.60. The Morgan fingerprint density at radius 3 is 2.50 bits per heavy atom. The highest BCUT2D eigenvalue weighted by atomic mass is 16.5. The van der Waals surface area contributed by atoms with Gasteiger partial charge in [-0.25, -0.2) is 4.79 Å². The lowest BCUT2D eigenvalue weighted by atomic mass is 9.97. The summed E-state index contributed by atoms with van der Waals surface area (Å²) < 4.78 is 5.44. The Labute approximate surface area is 177 Å². The summed E-state index contributed by atoms with van der Waals surface area (Å²) in [7, 11) is 0. The molecule has 0 bridgehead atoms. The molecule has 2 aromatic rings. The Morgan fingerprint density at radius 2 is 1.80 bits per heavy atom. The van der Waals surface area contributed by atoms with Crippen LogP contribution in [0.2, 0.25) is 0 Å². The van der Waals surface area contributed by atoms with Gasteiger partial charge in [0.15, 0.2) is 6.10 Å². The topological polar surface area (TPSA) is 75.7 Å². The van der Waals surface area contributed by atoms with Gasteiger partial charge in [0.05, 0.1) is 11.3 Å². The van der Waals surface area contributed by atoms with Gasteiger partial charge in [-0.05, 0) is 49.4 Å². The lowest BCUT2D eigenvalue weighted by Gasteiger charge is -2.21. The Hall–Kier alpha value is -3.15. The van der Waals surface area contributed by atoms with Crippen molar-refractivity contribution in [3.8, 4) is 0 Å². The summed E-state index contributed by atoms with van der Waals surface area (Å²) in [6, 6.07) is 14.5. The highest BCUT2D eigenvalue weighted by Crippen LogP contribution is 2.28. The number of amides is 2. The van der Waals surface area contributed by atoms with Crippen LogP contribution in [0, 0.1) is 0 Å². The Kier molecular flexibility index (Phi) is 6.87. The number of rotatable bonds is 7. The number of hydrogen-bond acceptors (Lipinski definition) is 4. The van der Waals surface area contributed by atoms with Gasteiger partial charge in [0.1, 0.15) is 0 Å². The van der Waals surface area contributed by atoms with Crippen LogP contribution in [0.15, 0.2) is 48.5 Å². The Balaban J connectivity index is 1.71. The van der Waals surface area contributed by atoms with E-state index in [4.69, 9.17) is 4.74 Å². The fraction of sp³-hybridized carbons (Fsp3) is 0.375. The van der Waals surface area contributed by atoms with E-state index in [9.17, 15) is 14.4 Å². The van der Waals surface area contributed by atoms with E-state index < -0.39 is 18.0 Å². The first-order valence-corrected chi connectivity index (χ1v) is 10.4. The molecule has 6 nitrogen and oxygen atoms in total. The van der Waals surface area contributed by atoms with Crippen molar-refractivity contribution in [3.05, 3.63) is 59.7 Å². The minimum absolute atomic E-state index is 0.0114. The number of benzene rings is 2. The third-order valence-electron chi connectivity index (χ3n) is 5.50. The standard InChI is InChI=1S/C24H28N2O4/c1-4-16(2)18-10-5-7-12-20(18)25-23(28)17(3)30-24(29)19-11-6-8-13-21(19)26-15-9-14-22(26)27/h5-8,10-13,16-17H,4,9,14-15H2,1-3H3,(H,25,28)/t16-,17-/m1/s1. The number of hydrogen-bond donors (Lipinski definition) is 1. The third kappa shape index (κ3) is 4.70. The predicted molar refractivity (Wildman–Crippen MR) is 117 cm³/mol. The Morgan fingerprint density at radius 1 is 1.10 bits per heavy atom. The van der Waals surface area contributed by atoms with Crippen LogP contribution in [0.1, 0.15) is 61.9 Å². The summed E-state index contributed by atoms with van der Waals surface area (Å²) in [4.78, 5) is 39.2. The molecule has 1 aliphatic heterocycles. The highest BCUT2D eigenvalue weighted by molar-refractivity contribution is 6.04. The number of nitrogens with zero attached hydrogens (tertiary/aromatic N) is 1. The molecule has 1 heterocycles. The maximum Gasteiger partial charge on any atom is 0.341 e. The van der Waals surface area contributed by atoms with Crippen molar-refractivity contribution in [2.24, 2.45) is 0 Å². The van der Waals surface area contributed by atoms with Crippen molar-refractivity contribution in [2.45, 2.75) is 52.1 Å². The molecule has 0 aromatic heterocycles. The van der Waals surface area contributed by atoms with Crippen LogP contribution in [-0.2, 0) is 14.3 Å². The van der Waals surface area contributed by atoms with Crippen molar-refractivity contribution in [3.63, 3.8) is 0 Å². The van der Waals surface area contributed by atoms with Crippen LogP contribution in [-0.4, -0.2) is 30.4 Å². The van der Waals surface area contributed by atoms with Crippen LogP contribution in [0.5, 0.6) is 0 Å². The van der Waals surface area contributed by atoms with Crippen molar-refractivity contribution in [1.82, 2.24) is 0 Å². The van der Waals surface area contributed by atoms with Crippen LogP contribution in [0.3, 0.4) is 0 Å². The van der Waals surface area contributed by atoms with E-state index in [2.05, 4.69) is 19.2 Å². The summed E-state index contributed by atoms with van der Waals surface area (Å²) in [5, 5.41) is 2.88. The molecule has 1 N–H and O–H groups in total. The fourth-order valence-corrected chi connectivity index (χ4v) is 3.56. The van der Waals surface area contributed by atoms with Gasteiger partial charge in [-0.3, -0.25) is 9.59 Å². The number of carbonyl (C=O) groups is 3. The number of anilines is 2. The molecule has 3 rings (SSSR count). The third-order valence-corrected chi connectivity index (χ3v) is 5.50. The zero-order valence-electron chi connectivity index (χ0n) is 17.7. The summed E-state index contributed by atoms with van der Waals surface area (Å²) in [6.07, 6.45) is 1.20. The maximum absolute atomic E-state index is 12.8. The van der Waals surface area contributed by atoms with E-state index in [-0.39, 0.29) is 11.5 Å². The van der Waals surface area contributed by atoms with Gasteiger partial charge >= 0.3 is 5.97 Å². The molecule has 6 heteroatoms. The fourth-order valence-electron chi connectivity index (χ4n) is 3.56. The number of ether oxygens (including phenoxy) is 1. The number of carbonyl (C=O) groups excluding carboxylic acids is 3. The normalized spacial score (nSPS) is 15.6.